The first-order chi connectivity index (χ1) is 10.5. The van der Waals surface area contributed by atoms with E-state index in [0.717, 1.165) is 19.3 Å². The van der Waals surface area contributed by atoms with Gasteiger partial charge in [0.05, 0.1) is 16.5 Å². The van der Waals surface area contributed by atoms with Gasteiger partial charge in [0.25, 0.3) is 10.0 Å². The van der Waals surface area contributed by atoms with E-state index in [1.807, 2.05) is 18.2 Å². The Morgan fingerprint density at radius 1 is 1.05 bits per heavy atom. The van der Waals surface area contributed by atoms with Gasteiger partial charge in [-0.3, -0.25) is 4.72 Å². The Hall–Kier alpha value is -2.32. The highest BCUT2D eigenvalue weighted by molar-refractivity contribution is 7.92. The Morgan fingerprint density at radius 3 is 2.23 bits per heavy atom. The van der Waals surface area contributed by atoms with E-state index < -0.39 is 10.0 Å². The van der Waals surface area contributed by atoms with Crippen LogP contribution in [0.15, 0.2) is 53.4 Å². The van der Waals surface area contributed by atoms with E-state index >= 15 is 0 Å². The maximum absolute atomic E-state index is 12.3. The van der Waals surface area contributed by atoms with Gasteiger partial charge in [-0.05, 0) is 54.8 Å². The van der Waals surface area contributed by atoms with Gasteiger partial charge in [-0.25, -0.2) is 8.42 Å². The highest BCUT2D eigenvalue weighted by Crippen LogP contribution is 2.17. The molecule has 0 amide bonds. The van der Waals surface area contributed by atoms with E-state index in [9.17, 15) is 8.42 Å². The fraction of sp³-hybridized carbons (Fsp3) is 0.235. The molecule has 114 valence electrons. The first-order valence-electron chi connectivity index (χ1n) is 7.17. The summed E-state index contributed by atoms with van der Waals surface area (Å²) < 4.78 is 27.1. The summed E-state index contributed by atoms with van der Waals surface area (Å²) in [6.45, 7) is 2.14. The van der Waals surface area contributed by atoms with Crippen LogP contribution in [0, 0.1) is 11.3 Å². The molecule has 2 aromatic carbocycles. The van der Waals surface area contributed by atoms with E-state index in [4.69, 9.17) is 5.26 Å². The maximum atomic E-state index is 12.3. The van der Waals surface area contributed by atoms with E-state index in [1.54, 1.807) is 12.1 Å². The van der Waals surface area contributed by atoms with Gasteiger partial charge in [-0.2, -0.15) is 5.26 Å². The largest absolute Gasteiger partial charge is 0.280 e. The van der Waals surface area contributed by atoms with Crippen LogP contribution in [0.1, 0.15) is 30.9 Å². The normalized spacial score (nSPS) is 10.9. The molecule has 2 aromatic rings. The standard InChI is InChI=1S/C17H18N2O2S/c1-2-3-4-14-5-9-16(10-6-14)19-22(20,21)17-11-7-15(13-18)8-12-17/h5-12,19H,2-4H2,1H3. The van der Waals surface area contributed by atoms with E-state index in [-0.39, 0.29) is 4.90 Å². The van der Waals surface area contributed by atoms with Gasteiger partial charge in [0.1, 0.15) is 0 Å². The van der Waals surface area contributed by atoms with Crippen LogP contribution in [0.4, 0.5) is 5.69 Å². The van der Waals surface area contributed by atoms with Crippen LogP contribution in [-0.4, -0.2) is 8.42 Å². The molecule has 0 aliphatic carbocycles. The van der Waals surface area contributed by atoms with E-state index in [0.29, 0.717) is 11.3 Å². The zero-order valence-corrected chi connectivity index (χ0v) is 13.2. The molecule has 0 heterocycles. The number of aryl methyl sites for hydroxylation is 1. The SMILES string of the molecule is CCCCc1ccc(NS(=O)(=O)c2ccc(C#N)cc2)cc1. The minimum atomic E-state index is -3.63. The molecule has 0 bridgehead atoms. The second-order valence-corrected chi connectivity index (χ2v) is 6.72. The molecule has 0 spiro atoms. The maximum Gasteiger partial charge on any atom is 0.261 e. The summed E-state index contributed by atoms with van der Waals surface area (Å²) >= 11 is 0. The number of benzene rings is 2. The van der Waals surface area contributed by atoms with Crippen molar-refractivity contribution in [3.05, 3.63) is 59.7 Å². The van der Waals surface area contributed by atoms with Gasteiger partial charge in [0, 0.05) is 5.69 Å². The molecule has 0 atom stereocenters. The number of sulfonamides is 1. The van der Waals surface area contributed by atoms with Crippen LogP contribution >= 0.6 is 0 Å². The molecule has 4 nitrogen and oxygen atoms in total. The summed E-state index contributed by atoms with van der Waals surface area (Å²) in [6.07, 6.45) is 3.25. The summed E-state index contributed by atoms with van der Waals surface area (Å²) in [5.41, 5.74) is 2.16. The molecule has 5 heteroatoms. The lowest BCUT2D eigenvalue weighted by atomic mass is 10.1. The number of hydrogen-bond donors (Lipinski definition) is 1. The van der Waals surface area contributed by atoms with Crippen LogP contribution in [-0.2, 0) is 16.4 Å². The Morgan fingerprint density at radius 2 is 1.68 bits per heavy atom. The number of nitrogens with one attached hydrogen (secondary N) is 1. The summed E-state index contributed by atoms with van der Waals surface area (Å²) in [7, 11) is -3.63. The average Bonchev–Trinajstić information content (AvgIpc) is 2.54. The van der Waals surface area contributed by atoms with Crippen molar-refractivity contribution in [2.45, 2.75) is 31.1 Å². The Kier molecular flexibility index (Phi) is 5.18. The Balaban J connectivity index is 2.12. The zero-order chi connectivity index (χ0) is 16.0. The summed E-state index contributed by atoms with van der Waals surface area (Å²) in [5.74, 6) is 0. The minimum Gasteiger partial charge on any atom is -0.280 e. The molecule has 0 saturated carbocycles. The van der Waals surface area contributed by atoms with Gasteiger partial charge in [-0.15, -0.1) is 0 Å². The van der Waals surface area contributed by atoms with Crippen molar-refractivity contribution in [3.8, 4) is 6.07 Å². The summed E-state index contributed by atoms with van der Waals surface area (Å²) in [6, 6.07) is 15.2. The minimum absolute atomic E-state index is 0.140. The number of nitrogens with zero attached hydrogens (tertiary/aromatic N) is 1. The highest BCUT2D eigenvalue weighted by Gasteiger charge is 2.13. The van der Waals surface area contributed by atoms with Crippen LogP contribution in [0.2, 0.25) is 0 Å². The molecule has 22 heavy (non-hydrogen) atoms. The molecule has 0 saturated heterocycles. The second-order valence-electron chi connectivity index (χ2n) is 5.04. The fourth-order valence-electron chi connectivity index (χ4n) is 2.04. The number of nitriles is 1. The van der Waals surface area contributed by atoms with Crippen LogP contribution in [0.5, 0.6) is 0 Å². The Bertz CT molecular complexity index is 758. The van der Waals surface area contributed by atoms with Gasteiger partial charge >= 0.3 is 0 Å². The number of unbranched alkanes of at least 4 members (excludes halogenated alkanes) is 1. The first-order valence-corrected chi connectivity index (χ1v) is 8.65. The van der Waals surface area contributed by atoms with Crippen molar-refractivity contribution >= 4 is 15.7 Å². The molecular formula is C17H18N2O2S. The summed E-state index contributed by atoms with van der Waals surface area (Å²) in [4.78, 5) is 0.140. The van der Waals surface area contributed by atoms with Crippen molar-refractivity contribution in [3.63, 3.8) is 0 Å². The van der Waals surface area contributed by atoms with Crippen molar-refractivity contribution in [2.75, 3.05) is 4.72 Å². The predicted molar refractivity (Wildman–Crippen MR) is 87.0 cm³/mol. The molecule has 0 aromatic heterocycles. The molecule has 0 radical (unpaired) electrons. The van der Waals surface area contributed by atoms with Crippen molar-refractivity contribution in [1.29, 1.82) is 5.26 Å². The highest BCUT2D eigenvalue weighted by atomic mass is 32.2. The topological polar surface area (TPSA) is 70.0 Å². The number of anilines is 1. The van der Waals surface area contributed by atoms with Crippen LogP contribution in [0.25, 0.3) is 0 Å². The van der Waals surface area contributed by atoms with Crippen molar-refractivity contribution in [1.82, 2.24) is 0 Å². The van der Waals surface area contributed by atoms with Gasteiger partial charge in [0.2, 0.25) is 0 Å². The van der Waals surface area contributed by atoms with E-state index in [1.165, 1.54) is 29.8 Å². The first kappa shape index (κ1) is 16.1. The third-order valence-corrected chi connectivity index (χ3v) is 4.72. The molecule has 0 aliphatic rings. The Labute approximate surface area is 131 Å². The second kappa shape index (κ2) is 7.10. The third-order valence-electron chi connectivity index (χ3n) is 3.32. The number of rotatable bonds is 6. The monoisotopic (exact) mass is 314 g/mol. The van der Waals surface area contributed by atoms with Gasteiger partial charge in [-0.1, -0.05) is 25.5 Å². The average molecular weight is 314 g/mol. The van der Waals surface area contributed by atoms with E-state index in [2.05, 4.69) is 11.6 Å². The molecule has 0 aliphatic heterocycles. The lowest BCUT2D eigenvalue weighted by Crippen LogP contribution is -2.12. The third kappa shape index (κ3) is 4.09. The zero-order valence-electron chi connectivity index (χ0n) is 12.4. The van der Waals surface area contributed by atoms with Crippen LogP contribution < -0.4 is 4.72 Å². The quantitative estimate of drug-likeness (QED) is 0.883. The van der Waals surface area contributed by atoms with Gasteiger partial charge in [0.15, 0.2) is 0 Å². The number of hydrogen-bond acceptors (Lipinski definition) is 3. The molecule has 1 N–H and O–H groups in total. The smallest absolute Gasteiger partial charge is 0.261 e. The van der Waals surface area contributed by atoms with Crippen LogP contribution in [0.3, 0.4) is 0 Å². The van der Waals surface area contributed by atoms with Crippen molar-refractivity contribution < 1.29 is 8.42 Å². The molecular weight excluding hydrogens is 296 g/mol. The lowest BCUT2D eigenvalue weighted by Gasteiger charge is -2.09. The van der Waals surface area contributed by atoms with Gasteiger partial charge < -0.3 is 0 Å². The van der Waals surface area contributed by atoms with Crippen molar-refractivity contribution in [2.24, 2.45) is 0 Å². The molecule has 0 fully saturated rings. The molecule has 0 unspecified atom stereocenters. The lowest BCUT2D eigenvalue weighted by molar-refractivity contribution is 0.601. The molecule has 2 rings (SSSR count). The fourth-order valence-corrected chi connectivity index (χ4v) is 3.10. The summed E-state index contributed by atoms with van der Waals surface area (Å²) in [5, 5.41) is 8.74. The predicted octanol–water partition coefficient (Wildman–Crippen LogP) is 3.70.